The van der Waals surface area contributed by atoms with Crippen LogP contribution in [0.25, 0.3) is 111 Å². The van der Waals surface area contributed by atoms with Crippen molar-refractivity contribution in [2.45, 2.75) is 0 Å². The molecule has 0 bridgehead atoms. The van der Waals surface area contributed by atoms with Gasteiger partial charge in [0.1, 0.15) is 28.1 Å². The van der Waals surface area contributed by atoms with Crippen LogP contribution in [-0.4, -0.2) is 19.1 Å². The lowest BCUT2D eigenvalue weighted by Crippen LogP contribution is -2.07. The average Bonchev–Trinajstić information content (AvgIpc) is 3.95. The molecule has 0 aliphatic rings. The summed E-state index contributed by atoms with van der Waals surface area (Å²) in [4.78, 5) is 10.8. The number of furan rings is 2. The van der Waals surface area contributed by atoms with Gasteiger partial charge in [-0.15, -0.1) is 0 Å². The molecule has 0 radical (unpaired) electrons. The Bertz CT molecular complexity index is 3210. The second-order valence-corrected chi connectivity index (χ2v) is 13.4. The molecule has 0 unspecified atom stereocenters. The Kier molecular flexibility index (Phi) is 5.41. The first-order valence-electron chi connectivity index (χ1n) is 17.4. The zero-order valence-corrected chi connectivity index (χ0v) is 27.6. The van der Waals surface area contributed by atoms with E-state index < -0.39 is 0 Å². The predicted molar refractivity (Wildman–Crippen MR) is 211 cm³/mol. The molecule has 0 spiro atoms. The molecule has 0 saturated heterocycles. The van der Waals surface area contributed by atoms with Crippen molar-refractivity contribution in [3.8, 4) is 23.0 Å². The third kappa shape index (κ3) is 3.67. The highest BCUT2D eigenvalue weighted by Crippen LogP contribution is 2.42. The Morgan fingerprint density at radius 1 is 0.385 bits per heavy atom. The molecule has 6 nitrogen and oxygen atoms in total. The van der Waals surface area contributed by atoms with Gasteiger partial charge in [-0.25, -0.2) is 4.98 Å². The zero-order valence-electron chi connectivity index (χ0n) is 27.6. The van der Waals surface area contributed by atoms with Gasteiger partial charge in [-0.3, -0.25) is 9.13 Å². The summed E-state index contributed by atoms with van der Waals surface area (Å²) in [6, 6.07) is 54.6. The van der Waals surface area contributed by atoms with Gasteiger partial charge < -0.3 is 8.83 Å². The van der Waals surface area contributed by atoms with E-state index in [0.29, 0.717) is 5.95 Å². The number of aromatic nitrogens is 4. The maximum atomic E-state index is 6.59. The largest absolute Gasteiger partial charge is 0.455 e. The van der Waals surface area contributed by atoms with Gasteiger partial charge in [0, 0.05) is 43.9 Å². The van der Waals surface area contributed by atoms with Gasteiger partial charge in [0.15, 0.2) is 0 Å². The minimum Gasteiger partial charge on any atom is -0.455 e. The topological polar surface area (TPSA) is 61.9 Å². The van der Waals surface area contributed by atoms with Crippen molar-refractivity contribution in [3.05, 3.63) is 158 Å². The highest BCUT2D eigenvalue weighted by Gasteiger charge is 2.23. The minimum absolute atomic E-state index is 0.578. The SMILES string of the molecule is c1ccc(-c2cc(-n3c4ccccc4c4c5oc6ccccc6c5ccc43)nc(-n3c4ccccc4c4c5oc6ccccc6c5ccc43)n2)cc1. The molecule has 5 heterocycles. The summed E-state index contributed by atoms with van der Waals surface area (Å²) in [5.74, 6) is 1.34. The molecule has 52 heavy (non-hydrogen) atoms. The van der Waals surface area contributed by atoms with Crippen LogP contribution in [-0.2, 0) is 0 Å². The molecule has 7 aromatic carbocycles. The fourth-order valence-electron chi connectivity index (χ4n) is 8.33. The van der Waals surface area contributed by atoms with E-state index in [0.717, 1.165) is 105 Å². The van der Waals surface area contributed by atoms with Gasteiger partial charge in [0.2, 0.25) is 5.95 Å². The van der Waals surface area contributed by atoms with Crippen LogP contribution in [0.15, 0.2) is 167 Å². The van der Waals surface area contributed by atoms with Crippen molar-refractivity contribution >= 4 is 87.5 Å². The Balaban J connectivity index is 1.21. The number of hydrogen-bond donors (Lipinski definition) is 0. The number of para-hydroxylation sites is 4. The van der Waals surface area contributed by atoms with E-state index in [2.05, 4.69) is 124 Å². The lowest BCUT2D eigenvalue weighted by atomic mass is 10.1. The van der Waals surface area contributed by atoms with Crippen molar-refractivity contribution in [3.63, 3.8) is 0 Å². The highest BCUT2D eigenvalue weighted by molar-refractivity contribution is 6.25. The molecule has 0 fully saturated rings. The van der Waals surface area contributed by atoms with E-state index in [4.69, 9.17) is 18.8 Å². The van der Waals surface area contributed by atoms with Gasteiger partial charge in [-0.05, 0) is 48.5 Å². The van der Waals surface area contributed by atoms with Gasteiger partial charge in [0.25, 0.3) is 0 Å². The summed E-state index contributed by atoms with van der Waals surface area (Å²) in [6.07, 6.45) is 0. The lowest BCUT2D eigenvalue weighted by molar-refractivity contribution is 0.672. The number of rotatable bonds is 3. The fourth-order valence-corrected chi connectivity index (χ4v) is 8.33. The summed E-state index contributed by atoms with van der Waals surface area (Å²) < 4.78 is 17.6. The van der Waals surface area contributed by atoms with Crippen LogP contribution < -0.4 is 0 Å². The van der Waals surface area contributed by atoms with Crippen LogP contribution in [0.5, 0.6) is 0 Å². The lowest BCUT2D eigenvalue weighted by Gasteiger charge is -2.13. The number of nitrogens with zero attached hydrogens (tertiary/aromatic N) is 4. The molecule has 0 amide bonds. The molecule has 12 rings (SSSR count). The smallest absolute Gasteiger partial charge is 0.237 e. The van der Waals surface area contributed by atoms with Crippen LogP contribution in [0, 0.1) is 0 Å². The number of hydrogen-bond acceptors (Lipinski definition) is 4. The normalized spacial score (nSPS) is 12.2. The molecule has 0 aliphatic carbocycles. The predicted octanol–water partition coefficient (Wildman–Crippen LogP) is 12.1. The van der Waals surface area contributed by atoms with E-state index in [1.165, 1.54) is 0 Å². The maximum absolute atomic E-state index is 6.59. The van der Waals surface area contributed by atoms with Crippen molar-refractivity contribution in [2.24, 2.45) is 0 Å². The summed E-state index contributed by atoms with van der Waals surface area (Å²) in [7, 11) is 0. The molecular weight excluding hydrogens is 641 g/mol. The summed E-state index contributed by atoms with van der Waals surface area (Å²) >= 11 is 0. The molecule has 0 N–H and O–H groups in total. The van der Waals surface area contributed by atoms with Gasteiger partial charge in [-0.2, -0.15) is 4.98 Å². The summed E-state index contributed by atoms with van der Waals surface area (Å²) in [5, 5.41) is 8.70. The standard InChI is InChI=1S/C46H26N4O2/c1-2-12-27(13-3-1)34-26-41(49-35-18-8-4-16-32(35)42-37(49)24-22-30-28-14-6-10-20-39(28)51-44(30)42)48-46(47-34)50-36-19-9-5-17-33(36)43-38(50)25-23-31-29-15-7-11-21-40(29)52-45(31)43/h1-26H. The van der Waals surface area contributed by atoms with E-state index in [1.807, 2.05) is 42.5 Å². The maximum Gasteiger partial charge on any atom is 0.237 e. The molecule has 0 atom stereocenters. The molecule has 5 aromatic heterocycles. The van der Waals surface area contributed by atoms with E-state index in [1.54, 1.807) is 0 Å². The van der Waals surface area contributed by atoms with E-state index in [-0.39, 0.29) is 0 Å². The fraction of sp³-hybridized carbons (Fsp3) is 0. The zero-order chi connectivity index (χ0) is 33.9. The van der Waals surface area contributed by atoms with E-state index >= 15 is 0 Å². The number of benzene rings is 7. The van der Waals surface area contributed by atoms with Crippen molar-refractivity contribution < 1.29 is 8.83 Å². The first-order chi connectivity index (χ1) is 25.8. The van der Waals surface area contributed by atoms with Crippen LogP contribution in [0.4, 0.5) is 0 Å². The Morgan fingerprint density at radius 2 is 0.885 bits per heavy atom. The average molecular weight is 667 g/mol. The van der Waals surface area contributed by atoms with Crippen molar-refractivity contribution in [1.29, 1.82) is 0 Å². The first-order valence-corrected chi connectivity index (χ1v) is 17.4. The van der Waals surface area contributed by atoms with Gasteiger partial charge >= 0.3 is 0 Å². The van der Waals surface area contributed by atoms with Crippen molar-refractivity contribution in [2.75, 3.05) is 0 Å². The summed E-state index contributed by atoms with van der Waals surface area (Å²) in [6.45, 7) is 0. The third-order valence-electron chi connectivity index (χ3n) is 10.6. The van der Waals surface area contributed by atoms with Crippen molar-refractivity contribution in [1.82, 2.24) is 19.1 Å². The number of fused-ring (bicyclic) bond motifs is 14. The van der Waals surface area contributed by atoms with Crippen LogP contribution >= 0.6 is 0 Å². The Hall–Kier alpha value is -7.18. The third-order valence-corrected chi connectivity index (χ3v) is 10.6. The van der Waals surface area contributed by atoms with Crippen LogP contribution in [0.3, 0.4) is 0 Å². The van der Waals surface area contributed by atoms with Gasteiger partial charge in [0.05, 0.1) is 38.5 Å². The molecule has 0 aliphatic heterocycles. The monoisotopic (exact) mass is 666 g/mol. The molecular formula is C46H26N4O2. The molecule has 242 valence electrons. The second kappa shape index (κ2) is 10.2. The summed E-state index contributed by atoms with van der Waals surface area (Å²) in [5.41, 5.74) is 9.37. The van der Waals surface area contributed by atoms with E-state index in [9.17, 15) is 0 Å². The Morgan fingerprint density at radius 3 is 1.50 bits per heavy atom. The quantitative estimate of drug-likeness (QED) is 0.188. The molecule has 6 heteroatoms. The molecule has 0 saturated carbocycles. The van der Waals surface area contributed by atoms with Crippen LogP contribution in [0.1, 0.15) is 0 Å². The minimum atomic E-state index is 0.578. The Labute approximate surface area is 295 Å². The molecule has 12 aromatic rings. The highest BCUT2D eigenvalue weighted by atomic mass is 16.3. The first kappa shape index (κ1) is 27.6. The van der Waals surface area contributed by atoms with Gasteiger partial charge in [-0.1, -0.05) is 103 Å². The second-order valence-electron chi connectivity index (χ2n) is 13.4. The van der Waals surface area contributed by atoms with Crippen LogP contribution in [0.2, 0.25) is 0 Å².